The third-order valence-corrected chi connectivity index (χ3v) is 11.1. The minimum Gasteiger partial charge on any atom is -0.428 e. The second-order valence-corrected chi connectivity index (χ2v) is 17.7. The van der Waals surface area contributed by atoms with Gasteiger partial charge in [-0.2, -0.15) is 0 Å². The van der Waals surface area contributed by atoms with Gasteiger partial charge in [0.15, 0.2) is 35.5 Å². The zero-order valence-electron chi connectivity index (χ0n) is 42.5. The molecule has 6 atom stereocenters. The van der Waals surface area contributed by atoms with Crippen LogP contribution in [0.2, 0.25) is 0 Å². The van der Waals surface area contributed by atoms with Gasteiger partial charge in [0, 0.05) is 11.8 Å². The summed E-state index contributed by atoms with van der Waals surface area (Å²) in [7, 11) is 9.70. The van der Waals surface area contributed by atoms with Crippen LogP contribution in [0.15, 0.2) is 60.7 Å². The van der Waals surface area contributed by atoms with Crippen LogP contribution in [-0.4, -0.2) is 146 Å². The predicted molar refractivity (Wildman–Crippen MR) is 256 cm³/mol. The highest BCUT2D eigenvalue weighted by atomic mass is 16.7. The van der Waals surface area contributed by atoms with Gasteiger partial charge in [0.1, 0.15) is 24.3 Å². The largest absolute Gasteiger partial charge is 0.508 e. The maximum Gasteiger partial charge on any atom is 0.508 e. The lowest BCUT2D eigenvalue weighted by Crippen LogP contribution is -2.74. The molecule has 0 saturated carbocycles. The Kier molecular flexibility index (Phi) is 26.2. The standard InChI is InChI=1S/C49H84N6O11/c1-31(2)61-45(62-32(3)4)48(52-13,53-14)43(56)39(50-11)41(35(9)27-59-29-37-23-19-17-20-24-37)65-47(58)66-42(36(10)28-60-30-38-25-21-18-22-26-38)40(51-12)44(57)49(54-15,55-16)46(63-33(5)6)64-34(7)8/h17-26,31-36,39-42,45-46,50-55H,27-30H2,1-16H3. The summed E-state index contributed by atoms with van der Waals surface area (Å²) >= 11 is 0. The Bertz CT molecular complexity index is 1520. The molecule has 0 spiro atoms. The van der Waals surface area contributed by atoms with Crippen molar-refractivity contribution in [1.29, 1.82) is 0 Å². The zero-order chi connectivity index (χ0) is 49.6. The van der Waals surface area contributed by atoms with Crippen molar-refractivity contribution in [1.82, 2.24) is 31.9 Å². The van der Waals surface area contributed by atoms with Gasteiger partial charge < -0.3 is 48.5 Å². The first kappa shape index (κ1) is 58.7. The number of rotatable bonds is 34. The molecule has 66 heavy (non-hydrogen) atoms. The summed E-state index contributed by atoms with van der Waals surface area (Å²) in [5.41, 5.74) is -1.38. The smallest absolute Gasteiger partial charge is 0.428 e. The fourth-order valence-corrected chi connectivity index (χ4v) is 7.63. The van der Waals surface area contributed by atoms with Crippen LogP contribution < -0.4 is 31.9 Å². The molecular weight excluding hydrogens is 849 g/mol. The van der Waals surface area contributed by atoms with Crippen molar-refractivity contribution in [2.24, 2.45) is 11.8 Å². The zero-order valence-corrected chi connectivity index (χ0v) is 42.5. The first-order valence-electron chi connectivity index (χ1n) is 23.2. The highest BCUT2D eigenvalue weighted by Crippen LogP contribution is 2.27. The lowest BCUT2D eigenvalue weighted by atomic mass is 9.88. The average molecular weight is 933 g/mol. The van der Waals surface area contributed by atoms with Gasteiger partial charge in [-0.15, -0.1) is 0 Å². The number of ether oxygens (including phenoxy) is 8. The molecule has 2 aromatic rings. The van der Waals surface area contributed by atoms with E-state index in [1.54, 1.807) is 42.3 Å². The molecule has 0 aromatic heterocycles. The molecule has 2 aromatic carbocycles. The Morgan fingerprint density at radius 1 is 0.470 bits per heavy atom. The molecule has 17 nitrogen and oxygen atoms in total. The van der Waals surface area contributed by atoms with Crippen LogP contribution in [0.5, 0.6) is 0 Å². The van der Waals surface area contributed by atoms with Gasteiger partial charge in [0.05, 0.1) is 50.8 Å². The summed E-state index contributed by atoms with van der Waals surface area (Å²) in [6.07, 6.45) is -7.04. The Morgan fingerprint density at radius 3 is 1.00 bits per heavy atom. The van der Waals surface area contributed by atoms with Crippen LogP contribution in [-0.2, 0) is 60.7 Å². The molecule has 6 N–H and O–H groups in total. The van der Waals surface area contributed by atoms with E-state index in [9.17, 15) is 4.79 Å². The summed E-state index contributed by atoms with van der Waals surface area (Å²) in [5, 5.41) is 18.8. The fourth-order valence-electron chi connectivity index (χ4n) is 7.63. The van der Waals surface area contributed by atoms with Gasteiger partial charge >= 0.3 is 6.16 Å². The lowest BCUT2D eigenvalue weighted by Gasteiger charge is -2.43. The maximum absolute atomic E-state index is 15.2. The monoisotopic (exact) mass is 933 g/mol. The lowest BCUT2D eigenvalue weighted by molar-refractivity contribution is -0.224. The SMILES string of the molecule is CNC(C(=O)C(NC)(NC)C(OC(C)C)OC(C)C)C(OC(=O)OC(C(C)COCc1ccccc1)C(NC)C(=O)C(NC)(NC)C(OC(C)C)OC(C)C)C(C)COCc1ccccc1. The quantitative estimate of drug-likeness (QED) is 0.0423. The van der Waals surface area contributed by atoms with E-state index in [0.717, 1.165) is 11.1 Å². The fraction of sp³-hybridized carbons (Fsp3) is 0.694. The van der Waals surface area contributed by atoms with E-state index in [1.807, 2.05) is 130 Å². The summed E-state index contributed by atoms with van der Waals surface area (Å²) < 4.78 is 49.9. The van der Waals surface area contributed by atoms with Gasteiger partial charge in [-0.05, 0) is 109 Å². The second-order valence-electron chi connectivity index (χ2n) is 17.7. The minimum absolute atomic E-state index is 0.0869. The Labute approximate surface area is 395 Å². The van der Waals surface area contributed by atoms with Crippen LogP contribution in [0.1, 0.15) is 80.4 Å². The van der Waals surface area contributed by atoms with Gasteiger partial charge in [0.25, 0.3) is 0 Å². The Hall–Kier alpha value is -3.43. The van der Waals surface area contributed by atoms with E-state index < -0.39 is 77.8 Å². The van der Waals surface area contributed by atoms with Crippen LogP contribution in [0, 0.1) is 11.8 Å². The number of carbonyl (C=O) groups excluding carboxylic acids is 3. The number of hydrogen-bond acceptors (Lipinski definition) is 17. The molecule has 0 radical (unpaired) electrons. The number of Topliss-reactive ketones (excluding diaryl/α,β-unsaturated/α-hetero) is 2. The number of hydrogen-bond donors (Lipinski definition) is 6. The van der Waals surface area contributed by atoms with Gasteiger partial charge in [0.2, 0.25) is 0 Å². The average Bonchev–Trinajstić information content (AvgIpc) is 3.27. The topological polar surface area (TPSA) is 197 Å². The molecule has 0 amide bonds. The predicted octanol–water partition coefficient (Wildman–Crippen LogP) is 4.52. The van der Waals surface area contributed by atoms with Crippen LogP contribution in [0.25, 0.3) is 0 Å². The van der Waals surface area contributed by atoms with E-state index in [0.29, 0.717) is 0 Å². The van der Waals surface area contributed by atoms with Crippen molar-refractivity contribution >= 4 is 17.7 Å². The maximum atomic E-state index is 15.2. The van der Waals surface area contributed by atoms with Crippen LogP contribution in [0.4, 0.5) is 4.79 Å². The van der Waals surface area contributed by atoms with E-state index in [-0.39, 0.29) is 50.8 Å². The van der Waals surface area contributed by atoms with Crippen molar-refractivity contribution in [3.8, 4) is 0 Å². The second kappa shape index (κ2) is 29.5. The third kappa shape index (κ3) is 17.0. The Morgan fingerprint density at radius 2 is 0.758 bits per heavy atom. The summed E-state index contributed by atoms with van der Waals surface area (Å²) in [5.74, 6) is -2.13. The summed E-state index contributed by atoms with van der Waals surface area (Å²) in [6, 6.07) is 16.9. The Balaban J connectivity index is 2.73. The van der Waals surface area contributed by atoms with Crippen molar-refractivity contribution in [3.63, 3.8) is 0 Å². The van der Waals surface area contributed by atoms with Crippen molar-refractivity contribution in [3.05, 3.63) is 71.8 Å². The van der Waals surface area contributed by atoms with Crippen molar-refractivity contribution in [2.75, 3.05) is 55.5 Å². The molecule has 376 valence electrons. The minimum atomic E-state index is -1.63. The normalized spacial score (nSPS) is 15.4. The molecule has 17 heteroatoms. The molecule has 0 fully saturated rings. The number of ketones is 2. The van der Waals surface area contributed by atoms with E-state index >= 15 is 9.59 Å². The van der Waals surface area contributed by atoms with Crippen LogP contribution >= 0.6 is 0 Å². The number of nitrogens with one attached hydrogen (secondary N) is 6. The van der Waals surface area contributed by atoms with E-state index in [2.05, 4.69) is 31.9 Å². The number of likely N-dealkylation sites (N-methyl/N-ethyl adjacent to an activating group) is 6. The molecule has 6 unspecified atom stereocenters. The highest BCUT2D eigenvalue weighted by molar-refractivity contribution is 5.94. The molecule has 0 heterocycles. The number of carbonyl (C=O) groups is 3. The van der Waals surface area contributed by atoms with E-state index in [4.69, 9.17) is 37.9 Å². The molecule has 2 rings (SSSR count). The van der Waals surface area contributed by atoms with Crippen molar-refractivity contribution in [2.45, 2.75) is 155 Å². The van der Waals surface area contributed by atoms with Gasteiger partial charge in [-0.3, -0.25) is 30.9 Å². The molecule has 0 bridgehead atoms. The summed E-state index contributed by atoms with van der Waals surface area (Å²) in [6.45, 7) is 19.2. The highest BCUT2D eigenvalue weighted by Gasteiger charge is 2.54. The van der Waals surface area contributed by atoms with Gasteiger partial charge in [-0.25, -0.2) is 4.79 Å². The van der Waals surface area contributed by atoms with E-state index in [1.165, 1.54) is 0 Å². The molecule has 0 aliphatic rings. The number of benzene rings is 2. The summed E-state index contributed by atoms with van der Waals surface area (Å²) in [4.78, 5) is 44.9. The molecule has 0 saturated heterocycles. The molecule has 0 aliphatic heterocycles. The first-order chi connectivity index (χ1) is 31.3. The van der Waals surface area contributed by atoms with Gasteiger partial charge in [-0.1, -0.05) is 74.5 Å². The van der Waals surface area contributed by atoms with Crippen molar-refractivity contribution < 1.29 is 52.3 Å². The van der Waals surface area contributed by atoms with Crippen LogP contribution in [0.3, 0.4) is 0 Å². The first-order valence-corrected chi connectivity index (χ1v) is 23.2. The third-order valence-electron chi connectivity index (χ3n) is 11.1. The molecular formula is C49H84N6O11. The molecule has 0 aliphatic carbocycles.